The number of benzene rings is 2. The van der Waals surface area contributed by atoms with Crippen LogP contribution in [0.4, 0.5) is 0 Å². The predicted molar refractivity (Wildman–Crippen MR) is 217 cm³/mol. The van der Waals surface area contributed by atoms with Crippen molar-refractivity contribution in [3.8, 4) is 0 Å². The number of hydrogen-bond donors (Lipinski definition) is 0. The van der Waals surface area contributed by atoms with E-state index < -0.39 is 0 Å². The quantitative estimate of drug-likeness (QED) is 0.130. The summed E-state index contributed by atoms with van der Waals surface area (Å²) in [4.78, 5) is 9.09. The summed E-state index contributed by atoms with van der Waals surface area (Å²) in [7, 11) is 0. The second-order valence-electron chi connectivity index (χ2n) is 11.4. The Morgan fingerprint density at radius 1 is 0.327 bits per heavy atom. The zero-order chi connectivity index (χ0) is 32.6. The third kappa shape index (κ3) is 5.89. The lowest BCUT2D eigenvalue weighted by Gasteiger charge is -2.10. The standard InChI is InChI=1S/C43H27S6/c1-3-12-28(13-4-1)37(29-14-5-2-6-15-29)35-21-22-36(49-35)40(34-20-11-27-48-34)43-41(38(30-16-7-23-44-30)31-17-8-24-45-31)42(43)39(32-18-9-25-46-32)33-19-10-26-47-33/h1-27H/q+1. The van der Waals surface area contributed by atoms with Crippen LogP contribution in [0, 0.1) is 5.92 Å². The Balaban J connectivity index is 1.34. The Kier molecular flexibility index (Phi) is 8.51. The van der Waals surface area contributed by atoms with Gasteiger partial charge in [0.1, 0.15) is 0 Å². The van der Waals surface area contributed by atoms with Gasteiger partial charge < -0.3 is 0 Å². The van der Waals surface area contributed by atoms with Crippen molar-refractivity contribution >= 4 is 84.7 Å². The maximum Gasteiger partial charge on any atom is 0.0919 e. The van der Waals surface area contributed by atoms with Crippen molar-refractivity contribution in [2.45, 2.75) is 0 Å². The SMILES string of the molecule is c1ccc([C+](c2ccccc2)c2ccc(C(=C3C(=C(c4cccs4)c4cccs4)C3=C(c3cccs3)c3cccs3)c3cccs3)s2)cc1. The average Bonchev–Trinajstić information content (AvgIpc) is 3.94. The van der Waals surface area contributed by atoms with Crippen molar-refractivity contribution in [1.82, 2.24) is 0 Å². The molecule has 6 aromatic heterocycles. The fourth-order valence-corrected chi connectivity index (χ4v) is 11.7. The Bertz CT molecular complexity index is 2180. The molecule has 0 N–H and O–H groups in total. The maximum absolute atomic E-state index is 2.35. The first-order valence-corrected chi connectivity index (χ1v) is 21.1. The minimum absolute atomic E-state index is 1.23. The smallest absolute Gasteiger partial charge is 0.0919 e. The second kappa shape index (κ2) is 13.6. The fourth-order valence-electron chi connectivity index (χ4n) is 6.41. The molecule has 1 saturated carbocycles. The third-order valence-electron chi connectivity index (χ3n) is 8.50. The molecule has 1 aliphatic carbocycles. The zero-order valence-electron chi connectivity index (χ0n) is 26.0. The van der Waals surface area contributed by atoms with Gasteiger partial charge >= 0.3 is 0 Å². The van der Waals surface area contributed by atoms with Crippen molar-refractivity contribution in [1.29, 1.82) is 0 Å². The molecule has 6 heteroatoms. The lowest BCUT2D eigenvalue weighted by atomic mass is 9.90. The molecular formula is C43H27S6+. The zero-order valence-corrected chi connectivity index (χ0v) is 30.9. The Morgan fingerprint density at radius 3 is 1.00 bits per heavy atom. The van der Waals surface area contributed by atoms with Crippen molar-refractivity contribution in [2.75, 3.05) is 0 Å². The van der Waals surface area contributed by atoms with E-state index >= 15 is 0 Å². The lowest BCUT2D eigenvalue weighted by Crippen LogP contribution is -2.01. The highest BCUT2D eigenvalue weighted by Gasteiger charge is 2.43. The van der Waals surface area contributed by atoms with Crippen LogP contribution in [0.25, 0.3) is 16.7 Å². The summed E-state index contributed by atoms with van der Waals surface area (Å²) in [6, 6.07) is 48.7. The summed E-state index contributed by atoms with van der Waals surface area (Å²) in [5.41, 5.74) is 10.6. The van der Waals surface area contributed by atoms with Gasteiger partial charge in [-0.15, -0.1) is 68.0 Å². The normalized spacial score (nSPS) is 12.4. The largest absolute Gasteiger partial charge is 0.144 e. The highest BCUT2D eigenvalue weighted by atomic mass is 32.1. The molecule has 234 valence electrons. The average molecular weight is 736 g/mol. The summed E-state index contributed by atoms with van der Waals surface area (Å²) < 4.78 is 0. The minimum Gasteiger partial charge on any atom is -0.144 e. The monoisotopic (exact) mass is 735 g/mol. The van der Waals surface area contributed by atoms with Crippen LogP contribution in [0.1, 0.15) is 45.3 Å². The van der Waals surface area contributed by atoms with Crippen LogP contribution in [0.5, 0.6) is 0 Å². The van der Waals surface area contributed by atoms with Gasteiger partial charge in [-0.25, -0.2) is 0 Å². The van der Waals surface area contributed by atoms with Gasteiger partial charge in [0.2, 0.25) is 0 Å². The first-order chi connectivity index (χ1) is 24.3. The molecule has 0 bridgehead atoms. The highest BCUT2D eigenvalue weighted by molar-refractivity contribution is 7.16. The predicted octanol–water partition coefficient (Wildman–Crippen LogP) is 13.9. The van der Waals surface area contributed by atoms with E-state index in [9.17, 15) is 0 Å². The van der Waals surface area contributed by atoms with Crippen LogP contribution in [-0.4, -0.2) is 0 Å². The molecule has 0 amide bonds. The van der Waals surface area contributed by atoms with E-state index in [-0.39, 0.29) is 0 Å². The second-order valence-corrected chi connectivity index (χ2v) is 17.2. The van der Waals surface area contributed by atoms with Gasteiger partial charge in [-0.05, 0) is 124 Å². The molecule has 0 spiro atoms. The van der Waals surface area contributed by atoms with E-state index in [1.54, 1.807) is 0 Å². The molecule has 0 atom stereocenters. The van der Waals surface area contributed by atoms with Gasteiger partial charge in [-0.3, -0.25) is 0 Å². The number of rotatable bonds is 9. The number of hydrogen-bond acceptors (Lipinski definition) is 6. The van der Waals surface area contributed by atoms with E-state index in [0.717, 1.165) is 0 Å². The number of allylic oxidation sites excluding steroid dienone is 3. The van der Waals surface area contributed by atoms with E-state index in [1.165, 1.54) is 84.6 Å². The maximum atomic E-state index is 2.35. The van der Waals surface area contributed by atoms with Crippen molar-refractivity contribution in [2.24, 2.45) is 0 Å². The molecule has 6 heterocycles. The molecule has 0 unspecified atom stereocenters. The van der Waals surface area contributed by atoms with Crippen molar-refractivity contribution in [3.05, 3.63) is 228 Å². The van der Waals surface area contributed by atoms with Crippen LogP contribution in [0.3, 0.4) is 0 Å². The van der Waals surface area contributed by atoms with Gasteiger partial charge in [-0.2, -0.15) is 0 Å². The molecule has 0 saturated heterocycles. The Morgan fingerprint density at radius 2 is 0.673 bits per heavy atom. The summed E-state index contributed by atoms with van der Waals surface area (Å²) in [5, 5.41) is 11.0. The molecular weight excluding hydrogens is 709 g/mol. The van der Waals surface area contributed by atoms with Crippen LogP contribution in [0.2, 0.25) is 0 Å². The van der Waals surface area contributed by atoms with Gasteiger partial charge in [0.15, 0.2) is 0 Å². The summed E-state index contributed by atoms with van der Waals surface area (Å²) in [6.45, 7) is 0. The van der Waals surface area contributed by atoms with Crippen LogP contribution >= 0.6 is 68.0 Å². The molecule has 0 nitrogen and oxygen atoms in total. The van der Waals surface area contributed by atoms with Gasteiger partial charge in [-0.1, -0.05) is 30.3 Å². The van der Waals surface area contributed by atoms with Gasteiger partial charge in [0.25, 0.3) is 0 Å². The molecule has 0 aliphatic heterocycles. The van der Waals surface area contributed by atoms with Gasteiger partial charge in [0.05, 0.1) is 21.9 Å². The third-order valence-corrected chi connectivity index (χ3v) is 14.1. The number of thiophene rings is 6. The minimum atomic E-state index is 1.23. The summed E-state index contributed by atoms with van der Waals surface area (Å²) in [5.74, 6) is 1.27. The molecule has 0 radical (unpaired) electrons. The first-order valence-electron chi connectivity index (χ1n) is 15.9. The van der Waals surface area contributed by atoms with Crippen LogP contribution in [0.15, 0.2) is 177 Å². The molecule has 1 fully saturated rings. The highest BCUT2D eigenvalue weighted by Crippen LogP contribution is 2.61. The van der Waals surface area contributed by atoms with Gasteiger partial charge in [0, 0.05) is 68.8 Å². The van der Waals surface area contributed by atoms with Crippen LogP contribution < -0.4 is 0 Å². The first kappa shape index (κ1) is 30.8. The van der Waals surface area contributed by atoms with E-state index in [4.69, 9.17) is 0 Å². The van der Waals surface area contributed by atoms with E-state index in [0.29, 0.717) is 0 Å². The van der Waals surface area contributed by atoms with Crippen LogP contribution in [-0.2, 0) is 0 Å². The topological polar surface area (TPSA) is 0 Å². The fraction of sp³-hybridized carbons (Fsp3) is 0. The molecule has 49 heavy (non-hydrogen) atoms. The van der Waals surface area contributed by atoms with E-state index in [2.05, 4.69) is 160 Å². The summed E-state index contributed by atoms with van der Waals surface area (Å²) >= 11 is 11.0. The molecule has 1 aliphatic rings. The Hall–Kier alpha value is -4.27. The summed E-state index contributed by atoms with van der Waals surface area (Å²) in [6.07, 6.45) is 0. The van der Waals surface area contributed by atoms with Crippen molar-refractivity contribution < 1.29 is 0 Å². The Labute approximate surface area is 310 Å². The van der Waals surface area contributed by atoms with Crippen molar-refractivity contribution in [3.63, 3.8) is 0 Å². The molecule has 2 aromatic carbocycles. The van der Waals surface area contributed by atoms with E-state index in [1.807, 2.05) is 68.0 Å². The molecule has 8 aromatic rings. The molecule has 9 rings (SSSR count). The lowest BCUT2D eigenvalue weighted by molar-refractivity contribution is 1.27.